The fraction of sp³-hybridized carbons (Fsp3) is 0.263. The summed E-state index contributed by atoms with van der Waals surface area (Å²) in [6.07, 6.45) is 0. The summed E-state index contributed by atoms with van der Waals surface area (Å²) in [6, 6.07) is 14.0. The van der Waals surface area contributed by atoms with Crippen LogP contribution in [0.2, 0.25) is 0 Å². The zero-order chi connectivity index (χ0) is 16.8. The van der Waals surface area contributed by atoms with E-state index in [1.165, 1.54) is 0 Å². The third-order valence-corrected chi connectivity index (χ3v) is 3.21. The maximum absolute atomic E-state index is 12.2. The van der Waals surface area contributed by atoms with E-state index < -0.39 is 0 Å². The number of hydrogen-bond donors (Lipinski definition) is 1. The lowest BCUT2D eigenvalue weighted by Gasteiger charge is -2.08. The number of hydrogen-bond acceptors (Lipinski definition) is 3. The van der Waals surface area contributed by atoms with E-state index in [1.807, 2.05) is 45.0 Å². The van der Waals surface area contributed by atoms with Crippen molar-refractivity contribution in [2.75, 3.05) is 11.9 Å². The lowest BCUT2D eigenvalue weighted by molar-refractivity contribution is 0.0458. The van der Waals surface area contributed by atoms with Gasteiger partial charge >= 0.3 is 5.97 Å². The molecule has 2 rings (SSSR count). The number of esters is 1. The molecule has 1 amide bonds. The summed E-state index contributed by atoms with van der Waals surface area (Å²) in [4.78, 5) is 24.0. The summed E-state index contributed by atoms with van der Waals surface area (Å²) in [6.45, 7) is 6.31. The van der Waals surface area contributed by atoms with Gasteiger partial charge in [0.15, 0.2) is 0 Å². The van der Waals surface area contributed by atoms with Crippen LogP contribution in [-0.4, -0.2) is 18.5 Å². The van der Waals surface area contributed by atoms with Crippen molar-refractivity contribution in [1.82, 2.24) is 0 Å². The molecule has 0 fully saturated rings. The van der Waals surface area contributed by atoms with Crippen molar-refractivity contribution in [1.29, 1.82) is 0 Å². The summed E-state index contributed by atoms with van der Waals surface area (Å²) >= 11 is 0. The molecule has 0 radical (unpaired) electrons. The van der Waals surface area contributed by atoms with Crippen molar-refractivity contribution in [3.63, 3.8) is 0 Å². The van der Waals surface area contributed by atoms with Gasteiger partial charge < -0.3 is 10.1 Å². The Morgan fingerprint density at radius 1 is 1.04 bits per heavy atom. The Hall–Kier alpha value is -2.62. The Morgan fingerprint density at radius 2 is 1.70 bits per heavy atom. The lowest BCUT2D eigenvalue weighted by atomic mass is 10.1. The van der Waals surface area contributed by atoms with Gasteiger partial charge in [-0.2, -0.15) is 0 Å². The summed E-state index contributed by atoms with van der Waals surface area (Å²) in [7, 11) is 0. The van der Waals surface area contributed by atoms with Gasteiger partial charge in [0.2, 0.25) is 0 Å². The molecule has 0 unspecified atom stereocenters. The third-order valence-electron chi connectivity index (χ3n) is 3.21. The van der Waals surface area contributed by atoms with E-state index in [0.29, 0.717) is 23.7 Å². The summed E-state index contributed by atoms with van der Waals surface area (Å²) in [5.41, 5.74) is 2.76. The average molecular weight is 311 g/mol. The third kappa shape index (κ3) is 4.95. The van der Waals surface area contributed by atoms with Crippen molar-refractivity contribution in [2.24, 2.45) is 5.92 Å². The van der Waals surface area contributed by atoms with Gasteiger partial charge in [0, 0.05) is 11.3 Å². The van der Waals surface area contributed by atoms with Gasteiger partial charge in [-0.05, 0) is 54.8 Å². The van der Waals surface area contributed by atoms with Gasteiger partial charge in [-0.25, -0.2) is 4.79 Å². The molecule has 0 saturated carbocycles. The number of nitrogens with one attached hydrogen (secondary N) is 1. The molecule has 0 aromatic heterocycles. The Morgan fingerprint density at radius 3 is 2.30 bits per heavy atom. The van der Waals surface area contributed by atoms with E-state index in [0.717, 1.165) is 11.3 Å². The predicted molar refractivity (Wildman–Crippen MR) is 90.7 cm³/mol. The van der Waals surface area contributed by atoms with Crippen LogP contribution in [0, 0.1) is 12.8 Å². The fourth-order valence-corrected chi connectivity index (χ4v) is 2.01. The van der Waals surface area contributed by atoms with Crippen LogP contribution in [-0.2, 0) is 4.74 Å². The van der Waals surface area contributed by atoms with E-state index in [-0.39, 0.29) is 11.9 Å². The Balaban J connectivity index is 2.01. The fourth-order valence-electron chi connectivity index (χ4n) is 2.01. The molecule has 2 aromatic carbocycles. The first-order chi connectivity index (χ1) is 11.0. The molecule has 0 atom stereocenters. The van der Waals surface area contributed by atoms with E-state index in [2.05, 4.69) is 5.32 Å². The number of ether oxygens (including phenoxy) is 1. The van der Waals surface area contributed by atoms with Crippen LogP contribution in [0.25, 0.3) is 0 Å². The quantitative estimate of drug-likeness (QED) is 0.847. The van der Waals surface area contributed by atoms with E-state index in [1.54, 1.807) is 24.3 Å². The Kier molecular flexibility index (Phi) is 5.52. The van der Waals surface area contributed by atoms with E-state index >= 15 is 0 Å². The highest BCUT2D eigenvalue weighted by Crippen LogP contribution is 2.13. The van der Waals surface area contributed by atoms with Crippen LogP contribution < -0.4 is 5.32 Å². The first kappa shape index (κ1) is 16.7. The van der Waals surface area contributed by atoms with Gasteiger partial charge in [0.05, 0.1) is 12.2 Å². The second-order valence-corrected chi connectivity index (χ2v) is 5.89. The van der Waals surface area contributed by atoms with Crippen molar-refractivity contribution >= 4 is 17.6 Å². The molecule has 0 aliphatic heterocycles. The summed E-state index contributed by atoms with van der Waals surface area (Å²) < 4.78 is 5.16. The van der Waals surface area contributed by atoms with Gasteiger partial charge in [-0.3, -0.25) is 4.79 Å². The van der Waals surface area contributed by atoms with Crippen LogP contribution >= 0.6 is 0 Å². The highest BCUT2D eigenvalue weighted by molar-refractivity contribution is 6.04. The molecule has 0 heterocycles. The Labute approximate surface area is 136 Å². The van der Waals surface area contributed by atoms with Crippen LogP contribution in [0.5, 0.6) is 0 Å². The summed E-state index contributed by atoms with van der Waals surface area (Å²) in [5, 5.41) is 2.83. The number of aryl methyl sites for hydroxylation is 1. The number of carbonyl (C=O) groups excluding carboxylic acids is 2. The average Bonchev–Trinajstić information content (AvgIpc) is 2.52. The van der Waals surface area contributed by atoms with Crippen molar-refractivity contribution in [3.05, 3.63) is 65.2 Å². The molecule has 0 aliphatic rings. The van der Waals surface area contributed by atoms with Crippen LogP contribution in [0.15, 0.2) is 48.5 Å². The van der Waals surface area contributed by atoms with E-state index in [9.17, 15) is 9.59 Å². The molecule has 0 spiro atoms. The normalized spacial score (nSPS) is 10.4. The second kappa shape index (κ2) is 7.58. The smallest absolute Gasteiger partial charge is 0.338 e. The van der Waals surface area contributed by atoms with Crippen LogP contribution in [0.3, 0.4) is 0 Å². The standard InChI is InChI=1S/C19H21NO3/c1-13(2)12-23-19(22)16-9-7-15(8-10-16)18(21)20-17-6-4-5-14(3)11-17/h4-11,13H,12H2,1-3H3,(H,20,21). The number of benzene rings is 2. The van der Waals surface area contributed by atoms with Gasteiger partial charge in [0.25, 0.3) is 5.91 Å². The molecule has 4 nitrogen and oxygen atoms in total. The maximum Gasteiger partial charge on any atom is 0.338 e. The molecule has 0 bridgehead atoms. The van der Waals surface area contributed by atoms with Gasteiger partial charge in [0.1, 0.15) is 0 Å². The lowest BCUT2D eigenvalue weighted by Crippen LogP contribution is -2.13. The van der Waals surface area contributed by atoms with Gasteiger partial charge in [-0.15, -0.1) is 0 Å². The molecule has 120 valence electrons. The maximum atomic E-state index is 12.2. The largest absolute Gasteiger partial charge is 0.462 e. The molecular weight excluding hydrogens is 290 g/mol. The zero-order valence-corrected chi connectivity index (χ0v) is 13.6. The highest BCUT2D eigenvalue weighted by Gasteiger charge is 2.11. The second-order valence-electron chi connectivity index (χ2n) is 5.89. The van der Waals surface area contributed by atoms with Crippen molar-refractivity contribution in [2.45, 2.75) is 20.8 Å². The minimum Gasteiger partial charge on any atom is -0.462 e. The monoisotopic (exact) mass is 311 g/mol. The molecule has 23 heavy (non-hydrogen) atoms. The van der Waals surface area contributed by atoms with Crippen LogP contribution in [0.4, 0.5) is 5.69 Å². The minimum absolute atomic E-state index is 0.210. The molecular formula is C19H21NO3. The first-order valence-electron chi connectivity index (χ1n) is 7.61. The predicted octanol–water partition coefficient (Wildman–Crippen LogP) is 4.06. The highest BCUT2D eigenvalue weighted by atomic mass is 16.5. The van der Waals surface area contributed by atoms with Crippen molar-refractivity contribution in [3.8, 4) is 0 Å². The van der Waals surface area contributed by atoms with Crippen LogP contribution in [0.1, 0.15) is 40.1 Å². The molecule has 0 saturated heterocycles. The molecule has 0 aliphatic carbocycles. The zero-order valence-electron chi connectivity index (χ0n) is 13.6. The molecule has 2 aromatic rings. The SMILES string of the molecule is Cc1cccc(NC(=O)c2ccc(C(=O)OCC(C)C)cc2)c1. The molecule has 4 heteroatoms. The Bertz CT molecular complexity index is 690. The van der Waals surface area contributed by atoms with E-state index in [4.69, 9.17) is 4.74 Å². The minimum atomic E-state index is -0.371. The number of rotatable bonds is 5. The van der Waals surface area contributed by atoms with Gasteiger partial charge in [-0.1, -0.05) is 26.0 Å². The first-order valence-corrected chi connectivity index (χ1v) is 7.61. The number of amides is 1. The number of carbonyl (C=O) groups is 2. The molecule has 1 N–H and O–H groups in total. The van der Waals surface area contributed by atoms with Crippen molar-refractivity contribution < 1.29 is 14.3 Å². The topological polar surface area (TPSA) is 55.4 Å². The summed E-state index contributed by atoms with van der Waals surface area (Å²) in [5.74, 6) is -0.291. The number of anilines is 1.